The topological polar surface area (TPSA) is 33.4 Å². The molecular weight excluding hydrogens is 204 g/mol. The Morgan fingerprint density at radius 3 is 2.79 bits per heavy atom. The van der Waals surface area contributed by atoms with E-state index >= 15 is 0 Å². The van der Waals surface area contributed by atoms with Crippen molar-refractivity contribution in [2.75, 3.05) is 14.1 Å². The van der Waals surface area contributed by atoms with Crippen molar-refractivity contribution in [1.29, 1.82) is 0 Å². The molecule has 0 saturated carbocycles. The normalized spacial score (nSPS) is 9.71. The predicted octanol–water partition coefficient (Wildman–Crippen LogP) is 1.22. The van der Waals surface area contributed by atoms with Gasteiger partial charge in [0.25, 0.3) is 0 Å². The number of carbonyl (C=O) groups excluding carboxylic acids is 1. The second-order valence-electron chi connectivity index (χ2n) is 3.04. The van der Waals surface area contributed by atoms with Gasteiger partial charge in [-0.3, -0.25) is 0 Å². The number of hydrogen-bond donors (Lipinski definition) is 0. The molecule has 1 amide bonds. The first-order chi connectivity index (χ1) is 6.52. The number of carbonyl (C=O) groups is 1. The predicted molar refractivity (Wildman–Crippen MR) is 52.3 cm³/mol. The molecule has 0 aromatic carbocycles. The van der Waals surface area contributed by atoms with E-state index in [0.717, 1.165) is 0 Å². The second kappa shape index (κ2) is 4.28. The smallest absolute Gasteiger partial charge is 0.402 e. The summed E-state index contributed by atoms with van der Waals surface area (Å²) in [7, 11) is 4.99. The highest BCUT2D eigenvalue weighted by atomic mass is 35.5. The van der Waals surface area contributed by atoms with E-state index < -0.39 is 6.09 Å². The lowest BCUT2D eigenvalue weighted by Gasteiger charge is -2.09. The van der Waals surface area contributed by atoms with Crippen molar-refractivity contribution in [3.8, 4) is 5.75 Å². The third-order valence-corrected chi connectivity index (χ3v) is 2.09. The average Bonchev–Trinajstić information content (AvgIpc) is 2.12. The van der Waals surface area contributed by atoms with Gasteiger partial charge in [0.2, 0.25) is 5.75 Å². The highest BCUT2D eigenvalue weighted by Crippen LogP contribution is 2.19. The van der Waals surface area contributed by atoms with Gasteiger partial charge >= 0.3 is 11.2 Å². The fourth-order valence-corrected chi connectivity index (χ4v) is 0.987. The van der Waals surface area contributed by atoms with Crippen LogP contribution in [0.3, 0.4) is 0 Å². The summed E-state index contributed by atoms with van der Waals surface area (Å²) in [5.74, 6) is 0.357. The summed E-state index contributed by atoms with van der Waals surface area (Å²) >= 11 is 5.91. The Kier molecular flexibility index (Phi) is 3.30. The van der Waals surface area contributed by atoms with E-state index in [2.05, 4.69) is 0 Å². The van der Waals surface area contributed by atoms with Gasteiger partial charge in [-0.25, -0.2) is 4.79 Å². The minimum Gasteiger partial charge on any atom is -0.402 e. The fourth-order valence-electron chi connectivity index (χ4n) is 0.829. The van der Waals surface area contributed by atoms with E-state index in [1.165, 1.54) is 4.90 Å². The molecule has 0 N–H and O–H groups in total. The van der Waals surface area contributed by atoms with E-state index in [9.17, 15) is 4.79 Å². The van der Waals surface area contributed by atoms with Crippen LogP contribution >= 0.6 is 11.6 Å². The van der Waals surface area contributed by atoms with Crippen LogP contribution in [0.25, 0.3) is 0 Å². The highest BCUT2D eigenvalue weighted by Gasteiger charge is 2.15. The third kappa shape index (κ3) is 2.35. The molecule has 1 heterocycles. The van der Waals surface area contributed by atoms with Crippen molar-refractivity contribution < 1.29 is 14.1 Å². The molecular formula is C9H12ClN2O2+. The SMILES string of the molecule is CN(C)C(=O)Oc1ccc[n+](C)c1Cl. The van der Waals surface area contributed by atoms with Crippen LogP contribution < -0.4 is 9.30 Å². The summed E-state index contributed by atoms with van der Waals surface area (Å²) in [5, 5.41) is 0.391. The number of ether oxygens (including phenoxy) is 1. The molecule has 14 heavy (non-hydrogen) atoms. The Balaban J connectivity index is 2.87. The Labute approximate surface area is 87.7 Å². The van der Waals surface area contributed by atoms with E-state index in [0.29, 0.717) is 10.9 Å². The summed E-state index contributed by atoms with van der Waals surface area (Å²) in [6.45, 7) is 0. The van der Waals surface area contributed by atoms with Crippen LogP contribution in [0, 0.1) is 0 Å². The minimum absolute atomic E-state index is 0.357. The molecule has 0 radical (unpaired) electrons. The Morgan fingerprint density at radius 1 is 1.57 bits per heavy atom. The van der Waals surface area contributed by atoms with E-state index in [1.54, 1.807) is 44.0 Å². The monoisotopic (exact) mass is 215 g/mol. The van der Waals surface area contributed by atoms with Crippen LogP contribution in [0.4, 0.5) is 4.79 Å². The van der Waals surface area contributed by atoms with Gasteiger partial charge < -0.3 is 9.64 Å². The van der Waals surface area contributed by atoms with Crippen LogP contribution in [0.5, 0.6) is 5.75 Å². The molecule has 4 nitrogen and oxygen atoms in total. The molecule has 0 unspecified atom stereocenters. The number of rotatable bonds is 1. The number of amides is 1. The van der Waals surface area contributed by atoms with Crippen molar-refractivity contribution in [2.24, 2.45) is 7.05 Å². The van der Waals surface area contributed by atoms with E-state index in [1.807, 2.05) is 0 Å². The van der Waals surface area contributed by atoms with Gasteiger partial charge in [0, 0.05) is 20.2 Å². The Hall–Kier alpha value is -1.29. The summed E-state index contributed by atoms with van der Waals surface area (Å²) in [4.78, 5) is 12.5. The summed E-state index contributed by atoms with van der Waals surface area (Å²) in [5.41, 5.74) is 0. The molecule has 0 bridgehead atoms. The zero-order chi connectivity index (χ0) is 10.7. The standard InChI is InChI=1S/C9H12ClN2O2/c1-11(2)9(13)14-7-5-4-6-12(3)8(7)10/h4-6H,1-3H3/q+1. The molecule has 1 aromatic heterocycles. The van der Waals surface area contributed by atoms with Gasteiger partial charge in [0.15, 0.2) is 6.20 Å². The van der Waals surface area contributed by atoms with Gasteiger partial charge in [0.1, 0.15) is 7.05 Å². The van der Waals surface area contributed by atoms with Crippen LogP contribution in [0.1, 0.15) is 0 Å². The van der Waals surface area contributed by atoms with Crippen LogP contribution in [0.2, 0.25) is 5.15 Å². The van der Waals surface area contributed by atoms with Crippen LogP contribution in [-0.2, 0) is 7.05 Å². The Bertz CT molecular complexity index is 353. The number of nitrogens with zero attached hydrogens (tertiary/aromatic N) is 2. The summed E-state index contributed by atoms with van der Waals surface area (Å²) in [6.07, 6.45) is 1.33. The first-order valence-electron chi connectivity index (χ1n) is 4.05. The zero-order valence-electron chi connectivity index (χ0n) is 8.32. The molecule has 0 aliphatic heterocycles. The number of aryl methyl sites for hydroxylation is 1. The molecule has 76 valence electrons. The molecule has 0 aliphatic carbocycles. The van der Waals surface area contributed by atoms with Gasteiger partial charge in [-0.1, -0.05) is 0 Å². The van der Waals surface area contributed by atoms with Gasteiger partial charge in [-0.2, -0.15) is 4.57 Å². The lowest BCUT2D eigenvalue weighted by Crippen LogP contribution is -2.31. The highest BCUT2D eigenvalue weighted by molar-refractivity contribution is 6.29. The third-order valence-electron chi connectivity index (χ3n) is 1.63. The molecule has 0 aliphatic rings. The molecule has 0 saturated heterocycles. The maximum absolute atomic E-state index is 11.2. The van der Waals surface area contributed by atoms with E-state index in [4.69, 9.17) is 16.3 Å². The maximum atomic E-state index is 11.2. The molecule has 1 rings (SSSR count). The van der Waals surface area contributed by atoms with Crippen LogP contribution in [0.15, 0.2) is 18.3 Å². The second-order valence-corrected chi connectivity index (χ2v) is 3.39. The zero-order valence-corrected chi connectivity index (χ0v) is 9.08. The Morgan fingerprint density at radius 2 is 2.21 bits per heavy atom. The summed E-state index contributed by atoms with van der Waals surface area (Å²) < 4.78 is 6.69. The lowest BCUT2D eigenvalue weighted by molar-refractivity contribution is -0.669. The quantitative estimate of drug-likeness (QED) is 0.522. The van der Waals surface area contributed by atoms with Gasteiger partial charge in [0.05, 0.1) is 0 Å². The summed E-state index contributed by atoms with van der Waals surface area (Å²) in [6, 6.07) is 3.40. The first-order valence-corrected chi connectivity index (χ1v) is 4.43. The largest absolute Gasteiger partial charge is 0.414 e. The van der Waals surface area contributed by atoms with Crippen molar-refractivity contribution >= 4 is 17.7 Å². The number of aromatic nitrogens is 1. The molecule has 0 atom stereocenters. The maximum Gasteiger partial charge on any atom is 0.414 e. The molecule has 5 heteroatoms. The first kappa shape index (κ1) is 10.8. The van der Waals surface area contributed by atoms with Crippen LogP contribution in [-0.4, -0.2) is 25.1 Å². The molecule has 0 fully saturated rings. The average molecular weight is 216 g/mol. The number of hydrogen-bond acceptors (Lipinski definition) is 2. The number of pyridine rings is 1. The van der Waals surface area contributed by atoms with Crippen molar-refractivity contribution in [1.82, 2.24) is 4.90 Å². The lowest BCUT2D eigenvalue weighted by atomic mass is 10.4. The number of halogens is 1. The fraction of sp³-hybridized carbons (Fsp3) is 0.333. The van der Waals surface area contributed by atoms with Gasteiger partial charge in [-0.05, 0) is 17.7 Å². The van der Waals surface area contributed by atoms with Crippen molar-refractivity contribution in [2.45, 2.75) is 0 Å². The molecule has 1 aromatic rings. The van der Waals surface area contributed by atoms with Gasteiger partial charge in [-0.15, -0.1) is 0 Å². The van der Waals surface area contributed by atoms with Crippen molar-refractivity contribution in [3.63, 3.8) is 0 Å². The molecule has 0 spiro atoms. The minimum atomic E-state index is -0.446. The van der Waals surface area contributed by atoms with E-state index in [-0.39, 0.29) is 0 Å². The van der Waals surface area contributed by atoms with Crippen molar-refractivity contribution in [3.05, 3.63) is 23.5 Å².